The minimum atomic E-state index is -4.03. The average Bonchev–Trinajstić information content (AvgIpc) is 2.60. The Morgan fingerprint density at radius 1 is 1.07 bits per heavy atom. The van der Waals surface area contributed by atoms with Gasteiger partial charge in [-0.3, -0.25) is 4.72 Å². The molecule has 0 saturated carbocycles. The van der Waals surface area contributed by atoms with Crippen molar-refractivity contribution in [1.82, 2.24) is 9.62 Å². The number of nitrogens with one attached hydrogen (secondary N) is 3. The maximum atomic E-state index is 14.3. The molecule has 0 saturated heterocycles. The van der Waals surface area contributed by atoms with Gasteiger partial charge in [0, 0.05) is 23.7 Å². The van der Waals surface area contributed by atoms with E-state index in [0.29, 0.717) is 10.1 Å². The largest absolute Gasteiger partial charge is 0.349 e. The van der Waals surface area contributed by atoms with Crippen LogP contribution in [0.1, 0.15) is 0 Å². The Kier molecular flexibility index (Phi) is 7.31. The van der Waals surface area contributed by atoms with Gasteiger partial charge in [0.1, 0.15) is 11.5 Å². The van der Waals surface area contributed by atoms with E-state index in [-0.39, 0.29) is 17.9 Å². The van der Waals surface area contributed by atoms with Crippen molar-refractivity contribution in [3.05, 3.63) is 51.4 Å². The van der Waals surface area contributed by atoms with Gasteiger partial charge in [-0.1, -0.05) is 0 Å². The molecule has 6 nitrogen and oxygen atoms in total. The van der Waals surface area contributed by atoms with Gasteiger partial charge in [-0.15, -0.1) is 0 Å². The van der Waals surface area contributed by atoms with E-state index >= 15 is 0 Å². The van der Waals surface area contributed by atoms with E-state index in [1.807, 2.05) is 22.6 Å². The lowest BCUT2D eigenvalue weighted by molar-refractivity contribution is 0.470. The molecular weight excluding hydrogens is 496 g/mol. The van der Waals surface area contributed by atoms with Crippen LogP contribution in [0.2, 0.25) is 0 Å². The maximum Gasteiger partial charge on any atom is 0.301 e. The molecule has 0 amide bonds. The minimum absolute atomic E-state index is 0.121. The Morgan fingerprint density at radius 3 is 2.37 bits per heavy atom. The van der Waals surface area contributed by atoms with Crippen LogP contribution in [0, 0.1) is 21.0 Å². The third kappa shape index (κ3) is 5.46. The Labute approximate surface area is 169 Å². The predicted molar refractivity (Wildman–Crippen MR) is 108 cm³/mol. The summed E-state index contributed by atoms with van der Waals surface area (Å²) in [7, 11) is -1.02. The summed E-state index contributed by atoms with van der Waals surface area (Å²) in [6, 6.07) is 5.97. The molecule has 2 rings (SSSR count). The lowest BCUT2D eigenvalue weighted by Gasteiger charge is -2.20. The smallest absolute Gasteiger partial charge is 0.301 e. The summed E-state index contributed by atoms with van der Waals surface area (Å²) in [5.74, 6) is -3.22. The van der Waals surface area contributed by atoms with E-state index in [9.17, 15) is 21.6 Å². The standard InChI is InChI=1S/C16H18F3IN4O2S/c1-21-7-8-24(2)27(25,26)23-14-6-4-11(17)15(19)16(14)22-13-5-3-10(20)9-12(13)18/h3-6,9,21-23H,7-8H2,1-2H3. The second-order valence-corrected chi connectivity index (χ2v) is 8.59. The molecule has 27 heavy (non-hydrogen) atoms. The molecule has 0 aliphatic rings. The molecule has 0 atom stereocenters. The first-order valence-electron chi connectivity index (χ1n) is 7.74. The third-order valence-corrected chi connectivity index (χ3v) is 5.76. The normalized spacial score (nSPS) is 11.7. The lowest BCUT2D eigenvalue weighted by Crippen LogP contribution is -2.36. The molecule has 0 aliphatic heterocycles. The highest BCUT2D eigenvalue weighted by Crippen LogP contribution is 2.32. The van der Waals surface area contributed by atoms with Crippen LogP contribution in [-0.4, -0.2) is 39.9 Å². The van der Waals surface area contributed by atoms with Gasteiger partial charge in [0.15, 0.2) is 11.6 Å². The van der Waals surface area contributed by atoms with Gasteiger partial charge >= 0.3 is 10.2 Å². The number of hydrogen-bond donors (Lipinski definition) is 3. The van der Waals surface area contributed by atoms with Crippen molar-refractivity contribution in [3.8, 4) is 0 Å². The molecule has 0 unspecified atom stereocenters. The summed E-state index contributed by atoms with van der Waals surface area (Å²) < 4.78 is 70.7. The molecular formula is C16H18F3IN4O2S. The number of hydrogen-bond acceptors (Lipinski definition) is 4. The molecule has 11 heteroatoms. The Balaban J connectivity index is 2.39. The highest BCUT2D eigenvalue weighted by atomic mass is 127. The summed E-state index contributed by atoms with van der Waals surface area (Å²) in [6.07, 6.45) is 0. The second kappa shape index (κ2) is 9.08. The molecule has 0 spiro atoms. The van der Waals surface area contributed by atoms with Crippen LogP contribution in [0.3, 0.4) is 0 Å². The van der Waals surface area contributed by atoms with Gasteiger partial charge in [0.25, 0.3) is 0 Å². The van der Waals surface area contributed by atoms with Crippen LogP contribution in [0.25, 0.3) is 0 Å². The molecule has 0 aliphatic carbocycles. The van der Waals surface area contributed by atoms with Crippen molar-refractivity contribution in [2.75, 3.05) is 37.2 Å². The van der Waals surface area contributed by atoms with Gasteiger partial charge in [0.2, 0.25) is 0 Å². The zero-order chi connectivity index (χ0) is 20.2. The highest BCUT2D eigenvalue weighted by molar-refractivity contribution is 14.1. The number of anilines is 3. The van der Waals surface area contributed by atoms with Crippen LogP contribution in [0.15, 0.2) is 30.3 Å². The number of nitrogens with zero attached hydrogens (tertiary/aromatic N) is 1. The topological polar surface area (TPSA) is 73.5 Å². The molecule has 0 heterocycles. The van der Waals surface area contributed by atoms with Crippen molar-refractivity contribution in [2.45, 2.75) is 0 Å². The van der Waals surface area contributed by atoms with E-state index in [0.717, 1.165) is 16.4 Å². The molecule has 3 N–H and O–H groups in total. The van der Waals surface area contributed by atoms with E-state index in [4.69, 9.17) is 0 Å². The first-order valence-corrected chi connectivity index (χ1v) is 10.3. The molecule has 148 valence electrons. The van der Waals surface area contributed by atoms with Crippen molar-refractivity contribution in [3.63, 3.8) is 0 Å². The summed E-state index contributed by atoms with van der Waals surface area (Å²) in [5, 5.41) is 5.24. The summed E-state index contributed by atoms with van der Waals surface area (Å²) in [4.78, 5) is 0. The van der Waals surface area contributed by atoms with Gasteiger partial charge in [-0.2, -0.15) is 12.7 Å². The van der Waals surface area contributed by atoms with E-state index in [1.165, 1.54) is 19.2 Å². The first-order chi connectivity index (χ1) is 12.7. The SMILES string of the molecule is CNCCN(C)S(=O)(=O)Nc1ccc(F)c(F)c1Nc1ccc(I)cc1F. The first kappa shape index (κ1) is 21.7. The van der Waals surface area contributed by atoms with Crippen molar-refractivity contribution in [2.24, 2.45) is 0 Å². The summed E-state index contributed by atoms with van der Waals surface area (Å²) in [6.45, 7) is 0.554. The molecule has 0 aromatic heterocycles. The van der Waals surface area contributed by atoms with Crippen molar-refractivity contribution >= 4 is 49.9 Å². The van der Waals surface area contributed by atoms with E-state index in [2.05, 4.69) is 15.4 Å². The van der Waals surface area contributed by atoms with Crippen LogP contribution in [0.5, 0.6) is 0 Å². The summed E-state index contributed by atoms with van der Waals surface area (Å²) >= 11 is 1.90. The Morgan fingerprint density at radius 2 is 1.74 bits per heavy atom. The average molecular weight is 514 g/mol. The molecule has 2 aromatic rings. The number of halogens is 4. The molecule has 0 fully saturated rings. The monoisotopic (exact) mass is 514 g/mol. The second-order valence-electron chi connectivity index (χ2n) is 5.57. The van der Waals surface area contributed by atoms with Crippen molar-refractivity contribution in [1.29, 1.82) is 0 Å². The van der Waals surface area contributed by atoms with Gasteiger partial charge in [0.05, 0.1) is 11.4 Å². The Bertz CT molecular complexity index is 928. The predicted octanol–water partition coefficient (Wildman–Crippen LogP) is 3.26. The quantitative estimate of drug-likeness (QED) is 0.473. The van der Waals surface area contributed by atoms with Crippen LogP contribution >= 0.6 is 22.6 Å². The fraction of sp³-hybridized carbons (Fsp3) is 0.250. The minimum Gasteiger partial charge on any atom is -0.349 e. The van der Waals surface area contributed by atoms with Gasteiger partial charge < -0.3 is 10.6 Å². The van der Waals surface area contributed by atoms with Crippen molar-refractivity contribution < 1.29 is 21.6 Å². The zero-order valence-electron chi connectivity index (χ0n) is 14.5. The van der Waals surface area contributed by atoms with E-state index in [1.54, 1.807) is 13.1 Å². The van der Waals surface area contributed by atoms with Crippen LogP contribution in [0.4, 0.5) is 30.2 Å². The number of benzene rings is 2. The number of rotatable bonds is 8. The van der Waals surface area contributed by atoms with Gasteiger partial charge in [-0.25, -0.2) is 13.2 Å². The van der Waals surface area contributed by atoms with Crippen LogP contribution < -0.4 is 15.4 Å². The third-order valence-electron chi connectivity index (χ3n) is 3.61. The molecule has 0 bridgehead atoms. The van der Waals surface area contributed by atoms with E-state index < -0.39 is 33.3 Å². The number of likely N-dealkylation sites (N-methyl/N-ethyl adjacent to an activating group) is 2. The molecule has 2 aromatic carbocycles. The zero-order valence-corrected chi connectivity index (χ0v) is 17.5. The lowest BCUT2D eigenvalue weighted by atomic mass is 10.2. The fourth-order valence-electron chi connectivity index (χ4n) is 2.09. The van der Waals surface area contributed by atoms with Crippen LogP contribution in [-0.2, 0) is 10.2 Å². The maximum absolute atomic E-state index is 14.3. The molecule has 0 radical (unpaired) electrons. The highest BCUT2D eigenvalue weighted by Gasteiger charge is 2.22. The van der Waals surface area contributed by atoms with Gasteiger partial charge in [-0.05, 0) is 60.0 Å². The Hall–Kier alpha value is -1.57. The summed E-state index contributed by atoms with van der Waals surface area (Å²) in [5.41, 5.74) is -0.882. The fourth-order valence-corrected chi connectivity index (χ4v) is 3.48.